The second kappa shape index (κ2) is 6.65. The van der Waals surface area contributed by atoms with Gasteiger partial charge in [0.2, 0.25) is 5.91 Å². The van der Waals surface area contributed by atoms with Gasteiger partial charge in [-0.25, -0.2) is 9.37 Å². The molecule has 6 heteroatoms. The number of hydrogen-bond donors (Lipinski definition) is 2. The molecule has 0 bridgehead atoms. The Labute approximate surface area is 124 Å². The monoisotopic (exact) mass is 339 g/mol. The average Bonchev–Trinajstić information content (AvgIpc) is 2.44. The van der Waals surface area contributed by atoms with Crippen LogP contribution in [0.2, 0.25) is 0 Å². The van der Waals surface area contributed by atoms with Gasteiger partial charge in [-0.2, -0.15) is 0 Å². The highest BCUT2D eigenvalue weighted by molar-refractivity contribution is 9.10. The predicted molar refractivity (Wildman–Crippen MR) is 81.2 cm³/mol. The number of anilines is 1. The number of amides is 1. The van der Waals surface area contributed by atoms with Crippen LogP contribution in [0, 0.1) is 5.82 Å². The average molecular weight is 340 g/mol. The van der Waals surface area contributed by atoms with E-state index in [1.54, 1.807) is 12.1 Å². The van der Waals surface area contributed by atoms with Crippen LogP contribution in [-0.4, -0.2) is 24.0 Å². The van der Waals surface area contributed by atoms with Crippen molar-refractivity contribution in [3.8, 4) is 0 Å². The molecule has 2 aromatic rings. The zero-order valence-corrected chi connectivity index (χ0v) is 12.6. The highest BCUT2D eigenvalue weighted by Crippen LogP contribution is 2.23. The van der Waals surface area contributed by atoms with E-state index < -0.39 is 0 Å². The van der Waals surface area contributed by atoms with Gasteiger partial charge in [-0.1, -0.05) is 6.92 Å². The Morgan fingerprint density at radius 2 is 2.20 bits per heavy atom. The summed E-state index contributed by atoms with van der Waals surface area (Å²) in [6, 6.07) is 6.63. The van der Waals surface area contributed by atoms with Crippen LogP contribution in [0.25, 0.3) is 10.9 Å². The summed E-state index contributed by atoms with van der Waals surface area (Å²) in [5, 5.41) is 6.52. The van der Waals surface area contributed by atoms with Crippen molar-refractivity contribution >= 4 is 38.6 Å². The fourth-order valence-electron chi connectivity index (χ4n) is 1.71. The molecule has 0 aliphatic rings. The van der Waals surface area contributed by atoms with E-state index in [1.165, 1.54) is 6.07 Å². The lowest BCUT2D eigenvalue weighted by molar-refractivity contribution is -0.119. The van der Waals surface area contributed by atoms with Crippen molar-refractivity contribution in [1.29, 1.82) is 0 Å². The maximum absolute atomic E-state index is 13.5. The third-order valence-electron chi connectivity index (χ3n) is 2.73. The second-order valence-electron chi connectivity index (χ2n) is 4.36. The van der Waals surface area contributed by atoms with Crippen LogP contribution in [-0.2, 0) is 4.79 Å². The standard InChI is InChI=1S/C14H15BrFN3O/c1-2-5-17-14(20)8-18-13-4-3-9-6-10(15)11(16)7-12(9)19-13/h3-4,6-7H,2,5,8H2,1H3,(H,17,20)(H,18,19). The van der Waals surface area contributed by atoms with Gasteiger partial charge < -0.3 is 10.6 Å². The molecule has 1 aromatic heterocycles. The highest BCUT2D eigenvalue weighted by Gasteiger charge is 2.05. The number of pyridine rings is 1. The third-order valence-corrected chi connectivity index (χ3v) is 3.34. The summed E-state index contributed by atoms with van der Waals surface area (Å²) in [6.07, 6.45) is 0.897. The van der Waals surface area contributed by atoms with Gasteiger partial charge in [0.05, 0.1) is 16.5 Å². The van der Waals surface area contributed by atoms with Gasteiger partial charge in [-0.15, -0.1) is 0 Å². The summed E-state index contributed by atoms with van der Waals surface area (Å²) in [4.78, 5) is 15.7. The van der Waals surface area contributed by atoms with E-state index in [-0.39, 0.29) is 18.3 Å². The first-order chi connectivity index (χ1) is 9.60. The van der Waals surface area contributed by atoms with E-state index in [4.69, 9.17) is 0 Å². The van der Waals surface area contributed by atoms with Gasteiger partial charge >= 0.3 is 0 Å². The molecular weight excluding hydrogens is 325 g/mol. The van der Waals surface area contributed by atoms with Crippen LogP contribution in [0.5, 0.6) is 0 Å². The van der Waals surface area contributed by atoms with Crippen LogP contribution >= 0.6 is 15.9 Å². The van der Waals surface area contributed by atoms with Gasteiger partial charge in [-0.05, 0) is 40.5 Å². The van der Waals surface area contributed by atoms with E-state index in [2.05, 4.69) is 31.5 Å². The van der Waals surface area contributed by atoms with Crippen molar-refractivity contribution in [3.05, 3.63) is 34.6 Å². The molecule has 1 amide bonds. The summed E-state index contributed by atoms with van der Waals surface area (Å²) in [5.41, 5.74) is 0.546. The Balaban J connectivity index is 2.08. The molecule has 20 heavy (non-hydrogen) atoms. The van der Waals surface area contributed by atoms with E-state index in [1.807, 2.05) is 13.0 Å². The van der Waals surface area contributed by atoms with Crippen LogP contribution in [0.3, 0.4) is 0 Å². The first-order valence-electron chi connectivity index (χ1n) is 6.36. The maximum Gasteiger partial charge on any atom is 0.239 e. The smallest absolute Gasteiger partial charge is 0.239 e. The van der Waals surface area contributed by atoms with Crippen molar-refractivity contribution in [2.24, 2.45) is 0 Å². The Morgan fingerprint density at radius 1 is 1.40 bits per heavy atom. The molecule has 0 fully saturated rings. The Morgan fingerprint density at radius 3 is 2.95 bits per heavy atom. The lowest BCUT2D eigenvalue weighted by Crippen LogP contribution is -2.30. The van der Waals surface area contributed by atoms with Gasteiger partial charge in [0.25, 0.3) is 0 Å². The Kier molecular flexibility index (Phi) is 4.89. The summed E-state index contributed by atoms with van der Waals surface area (Å²) >= 11 is 3.14. The van der Waals surface area contributed by atoms with Crippen molar-refractivity contribution in [2.75, 3.05) is 18.4 Å². The largest absolute Gasteiger partial charge is 0.361 e. The summed E-state index contributed by atoms with van der Waals surface area (Å²) in [7, 11) is 0. The fourth-order valence-corrected chi connectivity index (χ4v) is 2.08. The molecule has 0 saturated carbocycles. The van der Waals surface area contributed by atoms with Crippen LogP contribution in [0.4, 0.5) is 10.2 Å². The predicted octanol–water partition coefficient (Wildman–Crippen LogP) is 3.07. The molecule has 0 saturated heterocycles. The molecule has 1 aromatic carbocycles. The molecule has 0 unspecified atom stereocenters. The summed E-state index contributed by atoms with van der Waals surface area (Å²) in [6.45, 7) is 2.80. The number of nitrogens with one attached hydrogen (secondary N) is 2. The van der Waals surface area contributed by atoms with E-state index >= 15 is 0 Å². The van der Waals surface area contributed by atoms with E-state index in [9.17, 15) is 9.18 Å². The Bertz CT molecular complexity index is 633. The molecule has 2 N–H and O–H groups in total. The molecule has 0 aliphatic heterocycles. The number of aromatic nitrogens is 1. The normalized spacial score (nSPS) is 10.6. The van der Waals surface area contributed by atoms with E-state index in [0.717, 1.165) is 11.8 Å². The van der Waals surface area contributed by atoms with Crippen molar-refractivity contribution in [2.45, 2.75) is 13.3 Å². The van der Waals surface area contributed by atoms with Gasteiger partial charge in [0, 0.05) is 18.0 Å². The number of hydrogen-bond acceptors (Lipinski definition) is 3. The Hall–Kier alpha value is -1.69. The number of rotatable bonds is 5. The summed E-state index contributed by atoms with van der Waals surface area (Å²) < 4.78 is 13.9. The van der Waals surface area contributed by atoms with Gasteiger partial charge in [-0.3, -0.25) is 4.79 Å². The van der Waals surface area contributed by atoms with Crippen LogP contribution < -0.4 is 10.6 Å². The number of carbonyl (C=O) groups is 1. The van der Waals surface area contributed by atoms with E-state index in [0.29, 0.717) is 22.4 Å². The van der Waals surface area contributed by atoms with Crippen molar-refractivity contribution in [1.82, 2.24) is 10.3 Å². The van der Waals surface area contributed by atoms with Crippen LogP contribution in [0.15, 0.2) is 28.7 Å². The number of halogens is 2. The van der Waals surface area contributed by atoms with Crippen molar-refractivity contribution in [3.63, 3.8) is 0 Å². The lowest BCUT2D eigenvalue weighted by Gasteiger charge is -2.07. The van der Waals surface area contributed by atoms with Gasteiger partial charge in [0.15, 0.2) is 0 Å². The zero-order valence-electron chi connectivity index (χ0n) is 11.0. The quantitative estimate of drug-likeness (QED) is 0.880. The molecule has 0 atom stereocenters. The molecular formula is C14H15BrFN3O. The minimum absolute atomic E-state index is 0.0873. The van der Waals surface area contributed by atoms with Crippen LogP contribution in [0.1, 0.15) is 13.3 Å². The lowest BCUT2D eigenvalue weighted by atomic mass is 10.2. The molecule has 0 spiro atoms. The number of benzene rings is 1. The third kappa shape index (κ3) is 3.66. The minimum Gasteiger partial charge on any atom is -0.361 e. The fraction of sp³-hybridized carbons (Fsp3) is 0.286. The SMILES string of the molecule is CCCNC(=O)CNc1ccc2cc(Br)c(F)cc2n1. The molecule has 106 valence electrons. The molecule has 4 nitrogen and oxygen atoms in total. The molecule has 2 rings (SSSR count). The first-order valence-corrected chi connectivity index (χ1v) is 7.16. The van der Waals surface area contributed by atoms with Gasteiger partial charge in [0.1, 0.15) is 11.6 Å². The topological polar surface area (TPSA) is 54.0 Å². The maximum atomic E-state index is 13.5. The van der Waals surface area contributed by atoms with Crippen molar-refractivity contribution < 1.29 is 9.18 Å². The number of carbonyl (C=O) groups excluding carboxylic acids is 1. The molecule has 0 aliphatic carbocycles. The summed E-state index contributed by atoms with van der Waals surface area (Å²) in [5.74, 6) is 0.101. The molecule has 0 radical (unpaired) electrons. The zero-order chi connectivity index (χ0) is 14.5. The molecule has 1 heterocycles. The first kappa shape index (κ1) is 14.7. The minimum atomic E-state index is -0.358. The highest BCUT2D eigenvalue weighted by atomic mass is 79.9. The number of fused-ring (bicyclic) bond motifs is 1. The number of nitrogens with zero attached hydrogens (tertiary/aromatic N) is 1. The second-order valence-corrected chi connectivity index (χ2v) is 5.21.